The molecule has 1 fully saturated rings. The third kappa shape index (κ3) is 3.53. The van der Waals surface area contributed by atoms with E-state index in [4.69, 9.17) is 5.73 Å². The molecular weight excluding hydrogens is 241 g/mol. The van der Waals surface area contributed by atoms with E-state index in [0.29, 0.717) is 0 Å². The van der Waals surface area contributed by atoms with Gasteiger partial charge >= 0.3 is 0 Å². The van der Waals surface area contributed by atoms with Gasteiger partial charge in [-0.1, -0.05) is 18.2 Å². The lowest BCUT2D eigenvalue weighted by Crippen LogP contribution is -2.41. The van der Waals surface area contributed by atoms with Gasteiger partial charge in [0.05, 0.1) is 6.04 Å². The first-order valence-electron chi connectivity index (χ1n) is 7.02. The van der Waals surface area contributed by atoms with Gasteiger partial charge in [-0.3, -0.25) is 4.90 Å². The fourth-order valence-corrected chi connectivity index (χ4v) is 2.87. The van der Waals surface area contributed by atoms with Gasteiger partial charge < -0.3 is 10.6 Å². The number of hydrogen-bond donors (Lipinski definition) is 1. The summed E-state index contributed by atoms with van der Waals surface area (Å²) in [4.78, 5) is 4.65. The summed E-state index contributed by atoms with van der Waals surface area (Å²) in [7, 11) is 2.13. The molecule has 2 N–H and O–H groups in total. The minimum Gasteiger partial charge on any atom is -0.326 e. The Morgan fingerprint density at radius 2 is 1.89 bits per heavy atom. The molecule has 1 aromatic carbocycles. The Morgan fingerprint density at radius 1 is 1.16 bits per heavy atom. The molecule has 0 aromatic heterocycles. The lowest BCUT2D eigenvalue weighted by Gasteiger charge is -2.34. The molecule has 0 radical (unpaired) electrons. The maximum absolute atomic E-state index is 14.0. The van der Waals surface area contributed by atoms with Crippen molar-refractivity contribution in [3.05, 3.63) is 35.6 Å². The third-order valence-corrected chi connectivity index (χ3v) is 3.87. The van der Waals surface area contributed by atoms with E-state index in [0.717, 1.165) is 38.2 Å². The molecule has 0 bridgehead atoms. The lowest BCUT2D eigenvalue weighted by atomic mass is 9.98. The van der Waals surface area contributed by atoms with Crippen LogP contribution in [0.2, 0.25) is 0 Å². The molecule has 106 valence electrons. The summed E-state index contributed by atoms with van der Waals surface area (Å²) >= 11 is 0. The Morgan fingerprint density at radius 3 is 2.58 bits per heavy atom. The highest BCUT2D eigenvalue weighted by atomic mass is 19.1. The summed E-state index contributed by atoms with van der Waals surface area (Å²) in [6, 6.07) is 6.88. The van der Waals surface area contributed by atoms with Crippen LogP contribution in [-0.2, 0) is 0 Å². The molecule has 1 aliphatic heterocycles. The number of halogens is 1. The first-order chi connectivity index (χ1) is 9.09. The van der Waals surface area contributed by atoms with E-state index in [1.165, 1.54) is 6.07 Å². The van der Waals surface area contributed by atoms with Crippen LogP contribution in [0.1, 0.15) is 24.9 Å². The number of likely N-dealkylation sites (N-methyl/N-ethyl adjacent to an activating group) is 1. The fraction of sp³-hybridized carbons (Fsp3) is 0.600. The van der Waals surface area contributed by atoms with E-state index in [-0.39, 0.29) is 17.9 Å². The monoisotopic (exact) mass is 265 g/mol. The Labute approximate surface area is 115 Å². The Balaban J connectivity index is 2.23. The van der Waals surface area contributed by atoms with Gasteiger partial charge in [0.15, 0.2) is 0 Å². The number of rotatable bonds is 3. The SMILES string of the molecule is CC(N)C(c1ccccc1F)N1CCCN(C)CC1. The molecule has 0 saturated carbocycles. The highest BCUT2D eigenvalue weighted by molar-refractivity contribution is 5.22. The number of benzene rings is 1. The van der Waals surface area contributed by atoms with E-state index in [2.05, 4.69) is 16.8 Å². The molecule has 0 spiro atoms. The second-order valence-electron chi connectivity index (χ2n) is 5.52. The predicted octanol–water partition coefficient (Wildman–Crippen LogP) is 1.85. The molecule has 3 nitrogen and oxygen atoms in total. The molecule has 1 aromatic rings. The molecule has 2 atom stereocenters. The van der Waals surface area contributed by atoms with Gasteiger partial charge in [0.2, 0.25) is 0 Å². The normalized spacial score (nSPS) is 21.9. The second kappa shape index (κ2) is 6.46. The second-order valence-corrected chi connectivity index (χ2v) is 5.52. The van der Waals surface area contributed by atoms with Crippen molar-refractivity contribution in [1.29, 1.82) is 0 Å². The van der Waals surface area contributed by atoms with Gasteiger partial charge in [-0.2, -0.15) is 0 Å². The van der Waals surface area contributed by atoms with Crippen LogP contribution < -0.4 is 5.73 Å². The lowest BCUT2D eigenvalue weighted by molar-refractivity contribution is 0.179. The van der Waals surface area contributed by atoms with E-state index >= 15 is 0 Å². The Kier molecular flexibility index (Phi) is 4.91. The zero-order chi connectivity index (χ0) is 13.8. The number of hydrogen-bond acceptors (Lipinski definition) is 3. The van der Waals surface area contributed by atoms with E-state index in [1.807, 2.05) is 19.1 Å². The molecule has 0 amide bonds. The van der Waals surface area contributed by atoms with Crippen molar-refractivity contribution < 1.29 is 4.39 Å². The van der Waals surface area contributed by atoms with Crippen LogP contribution in [0.15, 0.2) is 24.3 Å². The Bertz CT molecular complexity index is 408. The van der Waals surface area contributed by atoms with Crippen molar-refractivity contribution in [1.82, 2.24) is 9.80 Å². The van der Waals surface area contributed by atoms with Crippen LogP contribution in [0.3, 0.4) is 0 Å². The topological polar surface area (TPSA) is 32.5 Å². The van der Waals surface area contributed by atoms with Gasteiger partial charge in [0.1, 0.15) is 5.82 Å². The van der Waals surface area contributed by atoms with Gasteiger partial charge in [-0.05, 0) is 33.0 Å². The van der Waals surface area contributed by atoms with Gasteiger partial charge in [-0.15, -0.1) is 0 Å². The van der Waals surface area contributed by atoms with Crippen molar-refractivity contribution >= 4 is 0 Å². The van der Waals surface area contributed by atoms with Crippen molar-refractivity contribution in [2.45, 2.75) is 25.4 Å². The molecule has 0 aliphatic carbocycles. The van der Waals surface area contributed by atoms with Crippen LogP contribution in [0, 0.1) is 5.82 Å². The van der Waals surface area contributed by atoms with E-state index < -0.39 is 0 Å². The molecule has 19 heavy (non-hydrogen) atoms. The molecule has 2 unspecified atom stereocenters. The predicted molar refractivity (Wildman–Crippen MR) is 76.5 cm³/mol. The summed E-state index contributed by atoms with van der Waals surface area (Å²) in [6.45, 7) is 5.99. The highest BCUT2D eigenvalue weighted by Gasteiger charge is 2.27. The third-order valence-electron chi connectivity index (χ3n) is 3.87. The number of nitrogens with two attached hydrogens (primary N) is 1. The standard InChI is InChI=1S/C15H24FN3/c1-12(17)15(13-6-3-4-7-14(13)16)19-9-5-8-18(2)10-11-19/h3-4,6-7,12,15H,5,8-11,17H2,1-2H3. The summed E-state index contributed by atoms with van der Waals surface area (Å²) in [6.07, 6.45) is 1.11. The minimum atomic E-state index is -0.151. The van der Waals surface area contributed by atoms with Crippen molar-refractivity contribution in [2.24, 2.45) is 5.73 Å². The van der Waals surface area contributed by atoms with E-state index in [9.17, 15) is 4.39 Å². The van der Waals surface area contributed by atoms with Crippen LogP contribution >= 0.6 is 0 Å². The van der Waals surface area contributed by atoms with Crippen molar-refractivity contribution in [2.75, 3.05) is 33.2 Å². The maximum Gasteiger partial charge on any atom is 0.128 e. The van der Waals surface area contributed by atoms with Crippen molar-refractivity contribution in [3.8, 4) is 0 Å². The average molecular weight is 265 g/mol. The summed E-state index contributed by atoms with van der Waals surface area (Å²) in [5, 5.41) is 0. The molecule has 1 saturated heterocycles. The van der Waals surface area contributed by atoms with Gasteiger partial charge in [0, 0.05) is 31.2 Å². The fourth-order valence-electron chi connectivity index (χ4n) is 2.87. The van der Waals surface area contributed by atoms with E-state index in [1.54, 1.807) is 6.07 Å². The molecular formula is C15H24FN3. The minimum absolute atomic E-state index is 0.0345. The average Bonchev–Trinajstić information content (AvgIpc) is 2.57. The highest BCUT2D eigenvalue weighted by Crippen LogP contribution is 2.26. The summed E-state index contributed by atoms with van der Waals surface area (Å²) < 4.78 is 14.0. The van der Waals surface area contributed by atoms with Crippen LogP contribution in [0.25, 0.3) is 0 Å². The zero-order valence-electron chi connectivity index (χ0n) is 11.8. The molecule has 2 rings (SSSR count). The number of nitrogens with zero attached hydrogens (tertiary/aromatic N) is 2. The summed E-state index contributed by atoms with van der Waals surface area (Å²) in [5.74, 6) is -0.151. The first kappa shape index (κ1) is 14.4. The zero-order valence-corrected chi connectivity index (χ0v) is 11.8. The van der Waals surface area contributed by atoms with Crippen LogP contribution in [0.4, 0.5) is 4.39 Å². The van der Waals surface area contributed by atoms with Crippen molar-refractivity contribution in [3.63, 3.8) is 0 Å². The largest absolute Gasteiger partial charge is 0.326 e. The van der Waals surface area contributed by atoms with Crippen LogP contribution in [0.5, 0.6) is 0 Å². The van der Waals surface area contributed by atoms with Gasteiger partial charge in [-0.25, -0.2) is 4.39 Å². The Hall–Kier alpha value is -0.970. The summed E-state index contributed by atoms with van der Waals surface area (Å²) in [5.41, 5.74) is 6.86. The quantitative estimate of drug-likeness (QED) is 0.905. The van der Waals surface area contributed by atoms with Gasteiger partial charge in [0.25, 0.3) is 0 Å². The molecule has 1 heterocycles. The first-order valence-corrected chi connectivity index (χ1v) is 7.02. The van der Waals surface area contributed by atoms with Crippen LogP contribution in [-0.4, -0.2) is 49.1 Å². The smallest absolute Gasteiger partial charge is 0.128 e. The maximum atomic E-state index is 14.0. The molecule has 1 aliphatic rings. The molecule has 4 heteroatoms.